The molecule has 1 aromatic carbocycles. The molecule has 0 radical (unpaired) electrons. The van der Waals surface area contributed by atoms with Crippen LogP contribution in [0.15, 0.2) is 24.3 Å². The SMILES string of the molecule is CC[C@@H](C)NC(=O)CSCc1ccccc1C#N. The predicted molar refractivity (Wildman–Crippen MR) is 75.2 cm³/mol. The highest BCUT2D eigenvalue weighted by molar-refractivity contribution is 7.99. The number of carbonyl (C=O) groups is 1. The van der Waals surface area contributed by atoms with E-state index in [0.29, 0.717) is 17.1 Å². The largest absolute Gasteiger partial charge is 0.353 e. The van der Waals surface area contributed by atoms with Gasteiger partial charge in [0.15, 0.2) is 0 Å². The minimum Gasteiger partial charge on any atom is -0.353 e. The summed E-state index contributed by atoms with van der Waals surface area (Å²) in [6.07, 6.45) is 0.938. The van der Waals surface area contributed by atoms with Crippen molar-refractivity contribution in [3.8, 4) is 6.07 Å². The van der Waals surface area contributed by atoms with E-state index in [1.165, 1.54) is 11.8 Å². The first-order valence-electron chi connectivity index (χ1n) is 6.02. The molecule has 1 N–H and O–H groups in total. The van der Waals surface area contributed by atoms with Gasteiger partial charge in [-0.05, 0) is 25.0 Å². The van der Waals surface area contributed by atoms with Gasteiger partial charge in [0.25, 0.3) is 0 Å². The zero-order valence-electron chi connectivity index (χ0n) is 10.8. The van der Waals surface area contributed by atoms with E-state index in [2.05, 4.69) is 11.4 Å². The summed E-state index contributed by atoms with van der Waals surface area (Å²) in [6.45, 7) is 4.04. The number of thioether (sulfide) groups is 1. The van der Waals surface area contributed by atoms with Crippen LogP contribution in [0.25, 0.3) is 0 Å². The number of benzene rings is 1. The molecule has 4 heteroatoms. The minimum atomic E-state index is 0.0591. The van der Waals surface area contributed by atoms with E-state index in [1.54, 1.807) is 6.07 Å². The molecule has 0 aromatic heterocycles. The molecule has 3 nitrogen and oxygen atoms in total. The number of amides is 1. The van der Waals surface area contributed by atoms with Crippen LogP contribution in [0, 0.1) is 11.3 Å². The smallest absolute Gasteiger partial charge is 0.230 e. The fourth-order valence-electron chi connectivity index (χ4n) is 1.43. The van der Waals surface area contributed by atoms with Crippen LogP contribution >= 0.6 is 11.8 Å². The Balaban J connectivity index is 2.38. The van der Waals surface area contributed by atoms with E-state index in [-0.39, 0.29) is 11.9 Å². The molecule has 96 valence electrons. The summed E-state index contributed by atoms with van der Waals surface area (Å²) in [5, 5.41) is 11.9. The third kappa shape index (κ3) is 4.80. The van der Waals surface area contributed by atoms with E-state index >= 15 is 0 Å². The van der Waals surface area contributed by atoms with E-state index in [0.717, 1.165) is 12.0 Å². The third-order valence-corrected chi connectivity index (χ3v) is 3.63. The van der Waals surface area contributed by atoms with Gasteiger partial charge >= 0.3 is 0 Å². The number of nitrogens with one attached hydrogen (secondary N) is 1. The molecule has 1 atom stereocenters. The molecule has 1 aromatic rings. The van der Waals surface area contributed by atoms with Crippen molar-refractivity contribution in [2.24, 2.45) is 0 Å². The van der Waals surface area contributed by atoms with Crippen LogP contribution in [-0.2, 0) is 10.5 Å². The molecule has 18 heavy (non-hydrogen) atoms. The quantitative estimate of drug-likeness (QED) is 0.857. The lowest BCUT2D eigenvalue weighted by Gasteiger charge is -2.11. The van der Waals surface area contributed by atoms with Crippen LogP contribution in [0.3, 0.4) is 0 Å². The summed E-state index contributed by atoms with van der Waals surface area (Å²) >= 11 is 1.53. The molecular weight excluding hydrogens is 244 g/mol. The van der Waals surface area contributed by atoms with Crippen molar-refractivity contribution in [1.82, 2.24) is 5.32 Å². The monoisotopic (exact) mass is 262 g/mol. The van der Waals surface area contributed by atoms with Crippen LogP contribution in [0.5, 0.6) is 0 Å². The lowest BCUT2D eigenvalue weighted by Crippen LogP contribution is -2.33. The van der Waals surface area contributed by atoms with Crippen molar-refractivity contribution in [1.29, 1.82) is 5.26 Å². The van der Waals surface area contributed by atoms with Gasteiger partial charge in [0.1, 0.15) is 0 Å². The molecule has 0 aliphatic rings. The third-order valence-electron chi connectivity index (χ3n) is 2.65. The first kappa shape index (κ1) is 14.6. The van der Waals surface area contributed by atoms with Gasteiger partial charge in [-0.25, -0.2) is 0 Å². The van der Waals surface area contributed by atoms with Gasteiger partial charge in [-0.15, -0.1) is 11.8 Å². The molecule has 0 fully saturated rings. The maximum absolute atomic E-state index is 11.6. The Morgan fingerprint density at radius 1 is 1.50 bits per heavy atom. The second-order valence-electron chi connectivity index (χ2n) is 4.14. The Morgan fingerprint density at radius 2 is 2.22 bits per heavy atom. The summed E-state index contributed by atoms with van der Waals surface area (Å²) in [5.74, 6) is 1.19. The summed E-state index contributed by atoms with van der Waals surface area (Å²) in [6, 6.07) is 9.88. The van der Waals surface area contributed by atoms with Crippen molar-refractivity contribution < 1.29 is 4.79 Å². The highest BCUT2D eigenvalue weighted by Crippen LogP contribution is 2.15. The molecule has 0 spiro atoms. The van der Waals surface area contributed by atoms with Gasteiger partial charge in [-0.2, -0.15) is 5.26 Å². The molecule has 0 aliphatic carbocycles. The second-order valence-corrected chi connectivity index (χ2v) is 5.12. The standard InChI is InChI=1S/C14H18N2OS/c1-3-11(2)16-14(17)10-18-9-13-7-5-4-6-12(13)8-15/h4-7,11H,3,9-10H2,1-2H3,(H,16,17)/t11-/m1/s1. The van der Waals surface area contributed by atoms with Crippen molar-refractivity contribution in [3.63, 3.8) is 0 Å². The number of rotatable bonds is 6. The summed E-state index contributed by atoms with van der Waals surface area (Å²) in [5.41, 5.74) is 1.67. The molecule has 0 saturated carbocycles. The lowest BCUT2D eigenvalue weighted by molar-refractivity contribution is -0.119. The Morgan fingerprint density at radius 3 is 2.89 bits per heavy atom. The van der Waals surface area contributed by atoms with E-state index in [1.807, 2.05) is 32.0 Å². The Hall–Kier alpha value is -1.47. The minimum absolute atomic E-state index is 0.0591. The van der Waals surface area contributed by atoms with Gasteiger partial charge in [-0.1, -0.05) is 25.1 Å². The van der Waals surface area contributed by atoms with Crippen LogP contribution in [-0.4, -0.2) is 17.7 Å². The van der Waals surface area contributed by atoms with Crippen molar-refractivity contribution >= 4 is 17.7 Å². The van der Waals surface area contributed by atoms with Crippen LogP contribution in [0.2, 0.25) is 0 Å². The summed E-state index contributed by atoms with van der Waals surface area (Å²) in [4.78, 5) is 11.6. The Labute approximate surface area is 113 Å². The molecule has 1 rings (SSSR count). The lowest BCUT2D eigenvalue weighted by atomic mass is 10.1. The summed E-state index contributed by atoms with van der Waals surface area (Å²) in [7, 11) is 0. The van der Waals surface area contributed by atoms with Crippen molar-refractivity contribution in [2.45, 2.75) is 32.1 Å². The first-order chi connectivity index (χ1) is 8.67. The average Bonchev–Trinajstić information content (AvgIpc) is 2.39. The predicted octanol–water partition coefficient (Wildman–Crippen LogP) is 2.71. The molecule has 1 amide bonds. The average molecular weight is 262 g/mol. The topological polar surface area (TPSA) is 52.9 Å². The van der Waals surface area contributed by atoms with Gasteiger partial charge in [0, 0.05) is 11.8 Å². The number of nitriles is 1. The highest BCUT2D eigenvalue weighted by atomic mass is 32.2. The van der Waals surface area contributed by atoms with Crippen LogP contribution in [0.4, 0.5) is 0 Å². The van der Waals surface area contributed by atoms with Gasteiger partial charge in [0.2, 0.25) is 5.91 Å². The fraction of sp³-hybridized carbons (Fsp3) is 0.429. The first-order valence-corrected chi connectivity index (χ1v) is 7.18. The van der Waals surface area contributed by atoms with Crippen LogP contribution < -0.4 is 5.32 Å². The van der Waals surface area contributed by atoms with Crippen molar-refractivity contribution in [3.05, 3.63) is 35.4 Å². The van der Waals surface area contributed by atoms with E-state index in [4.69, 9.17) is 5.26 Å². The van der Waals surface area contributed by atoms with Crippen LogP contribution in [0.1, 0.15) is 31.4 Å². The van der Waals surface area contributed by atoms with E-state index < -0.39 is 0 Å². The maximum atomic E-state index is 11.6. The zero-order valence-corrected chi connectivity index (χ0v) is 11.6. The Bertz CT molecular complexity index is 440. The van der Waals surface area contributed by atoms with E-state index in [9.17, 15) is 4.79 Å². The molecular formula is C14H18N2OS. The molecule has 0 heterocycles. The normalized spacial score (nSPS) is 11.6. The van der Waals surface area contributed by atoms with Gasteiger partial charge < -0.3 is 5.32 Å². The Kier molecular flexibility index (Phi) is 6.31. The number of nitrogens with zero attached hydrogens (tertiary/aromatic N) is 1. The maximum Gasteiger partial charge on any atom is 0.230 e. The van der Waals surface area contributed by atoms with Crippen molar-refractivity contribution in [2.75, 3.05) is 5.75 Å². The molecule has 0 saturated heterocycles. The zero-order chi connectivity index (χ0) is 13.4. The fourth-order valence-corrected chi connectivity index (χ4v) is 2.27. The highest BCUT2D eigenvalue weighted by Gasteiger charge is 2.06. The number of carbonyl (C=O) groups excluding carboxylic acids is 1. The van der Waals surface area contributed by atoms with Gasteiger partial charge in [-0.3, -0.25) is 4.79 Å². The van der Waals surface area contributed by atoms with Gasteiger partial charge in [0.05, 0.1) is 17.4 Å². The summed E-state index contributed by atoms with van der Waals surface area (Å²) < 4.78 is 0. The second kappa shape index (κ2) is 7.78. The molecule has 0 unspecified atom stereocenters. The number of hydrogen-bond acceptors (Lipinski definition) is 3. The molecule has 0 bridgehead atoms. The molecule has 0 aliphatic heterocycles. The number of hydrogen-bond donors (Lipinski definition) is 1.